The van der Waals surface area contributed by atoms with Crippen molar-refractivity contribution < 1.29 is 14.3 Å². The highest BCUT2D eigenvalue weighted by Crippen LogP contribution is 2.34. The van der Waals surface area contributed by atoms with Crippen molar-refractivity contribution in [2.75, 3.05) is 31.7 Å². The molecule has 2 atom stereocenters. The minimum atomic E-state index is 0.0233. The van der Waals surface area contributed by atoms with Crippen LogP contribution in [0, 0.1) is 11.8 Å². The van der Waals surface area contributed by atoms with Crippen LogP contribution in [0.5, 0.6) is 11.5 Å². The van der Waals surface area contributed by atoms with Crippen LogP contribution in [0.3, 0.4) is 0 Å². The van der Waals surface area contributed by atoms with E-state index >= 15 is 0 Å². The third-order valence-electron chi connectivity index (χ3n) is 3.97. The number of anilines is 1. The molecule has 21 heavy (non-hydrogen) atoms. The Morgan fingerprint density at radius 2 is 1.95 bits per heavy atom. The minimum Gasteiger partial charge on any atom is -0.454 e. The number of fused-ring (bicyclic) bond motifs is 1. The lowest BCUT2D eigenvalue weighted by atomic mass is 9.92. The standard InChI is InChI=1S/C16H22N2O3/c1-11-5-12(2)8-18(7-11)9-16(19)17-13-3-4-14-15(6-13)21-10-20-14/h3-4,6,11-12H,5,7-10H2,1-2H3,(H,17,19). The molecule has 1 saturated heterocycles. The number of carbonyl (C=O) groups is 1. The quantitative estimate of drug-likeness (QED) is 0.928. The van der Waals surface area contributed by atoms with E-state index in [0.717, 1.165) is 24.5 Å². The molecule has 5 nitrogen and oxygen atoms in total. The van der Waals surface area contributed by atoms with E-state index in [4.69, 9.17) is 9.47 Å². The van der Waals surface area contributed by atoms with Crippen molar-refractivity contribution in [1.82, 2.24) is 4.90 Å². The molecular formula is C16H22N2O3. The van der Waals surface area contributed by atoms with Crippen LogP contribution >= 0.6 is 0 Å². The van der Waals surface area contributed by atoms with Gasteiger partial charge in [0.25, 0.3) is 0 Å². The summed E-state index contributed by atoms with van der Waals surface area (Å²) < 4.78 is 10.6. The van der Waals surface area contributed by atoms with Gasteiger partial charge in [0.1, 0.15) is 0 Å². The number of carbonyl (C=O) groups excluding carboxylic acids is 1. The Balaban J connectivity index is 1.56. The van der Waals surface area contributed by atoms with Gasteiger partial charge in [-0.3, -0.25) is 9.69 Å². The SMILES string of the molecule is CC1CC(C)CN(CC(=O)Nc2ccc3c(c2)OCO3)C1. The second kappa shape index (κ2) is 5.93. The second-order valence-corrected chi connectivity index (χ2v) is 6.26. The number of nitrogens with one attached hydrogen (secondary N) is 1. The molecule has 2 unspecified atom stereocenters. The Kier molecular flexibility index (Phi) is 4.01. The van der Waals surface area contributed by atoms with Crippen molar-refractivity contribution in [3.63, 3.8) is 0 Å². The first kappa shape index (κ1) is 14.2. The number of benzene rings is 1. The first-order valence-electron chi connectivity index (χ1n) is 7.52. The molecule has 2 heterocycles. The number of hydrogen-bond acceptors (Lipinski definition) is 4. The maximum Gasteiger partial charge on any atom is 0.238 e. The highest BCUT2D eigenvalue weighted by atomic mass is 16.7. The van der Waals surface area contributed by atoms with Gasteiger partial charge in [0.05, 0.1) is 6.54 Å². The van der Waals surface area contributed by atoms with Crippen molar-refractivity contribution in [2.45, 2.75) is 20.3 Å². The zero-order valence-corrected chi connectivity index (χ0v) is 12.6. The van der Waals surface area contributed by atoms with E-state index in [1.54, 1.807) is 0 Å². The summed E-state index contributed by atoms with van der Waals surface area (Å²) in [5.74, 6) is 2.76. The highest BCUT2D eigenvalue weighted by molar-refractivity contribution is 5.92. The Morgan fingerprint density at radius 3 is 2.71 bits per heavy atom. The molecule has 1 fully saturated rings. The van der Waals surface area contributed by atoms with Gasteiger partial charge in [0, 0.05) is 24.8 Å². The first-order chi connectivity index (χ1) is 10.1. The van der Waals surface area contributed by atoms with Gasteiger partial charge in [-0.25, -0.2) is 0 Å². The molecule has 0 aliphatic carbocycles. The Hall–Kier alpha value is -1.75. The van der Waals surface area contributed by atoms with Crippen molar-refractivity contribution >= 4 is 11.6 Å². The molecule has 1 amide bonds. The van der Waals surface area contributed by atoms with Crippen LogP contribution in [0.4, 0.5) is 5.69 Å². The van der Waals surface area contributed by atoms with Crippen LogP contribution in [0.15, 0.2) is 18.2 Å². The number of amides is 1. The van der Waals surface area contributed by atoms with E-state index in [9.17, 15) is 4.79 Å². The molecular weight excluding hydrogens is 268 g/mol. The maximum atomic E-state index is 12.2. The number of piperidine rings is 1. The van der Waals surface area contributed by atoms with Gasteiger partial charge in [-0.2, -0.15) is 0 Å². The molecule has 0 radical (unpaired) electrons. The second-order valence-electron chi connectivity index (χ2n) is 6.26. The van der Waals surface area contributed by atoms with E-state index in [-0.39, 0.29) is 12.7 Å². The van der Waals surface area contributed by atoms with Crippen molar-refractivity contribution in [3.8, 4) is 11.5 Å². The van der Waals surface area contributed by atoms with Crippen LogP contribution in [0.25, 0.3) is 0 Å². The summed E-state index contributed by atoms with van der Waals surface area (Å²) in [5.41, 5.74) is 0.752. The smallest absolute Gasteiger partial charge is 0.238 e. The van der Waals surface area contributed by atoms with E-state index in [1.165, 1.54) is 6.42 Å². The Labute approximate surface area is 125 Å². The van der Waals surface area contributed by atoms with E-state index in [0.29, 0.717) is 24.1 Å². The maximum absolute atomic E-state index is 12.2. The lowest BCUT2D eigenvalue weighted by Crippen LogP contribution is -2.42. The number of likely N-dealkylation sites (tertiary alicyclic amines) is 1. The molecule has 0 aromatic heterocycles. The van der Waals surface area contributed by atoms with Gasteiger partial charge >= 0.3 is 0 Å². The average Bonchev–Trinajstić information content (AvgIpc) is 2.84. The zero-order chi connectivity index (χ0) is 14.8. The van der Waals surface area contributed by atoms with Crippen LogP contribution in [0.1, 0.15) is 20.3 Å². The fourth-order valence-electron chi connectivity index (χ4n) is 3.30. The highest BCUT2D eigenvalue weighted by Gasteiger charge is 2.23. The molecule has 5 heteroatoms. The Morgan fingerprint density at radius 1 is 1.24 bits per heavy atom. The fraction of sp³-hybridized carbons (Fsp3) is 0.562. The van der Waals surface area contributed by atoms with Crippen LogP contribution in [0.2, 0.25) is 0 Å². The van der Waals surface area contributed by atoms with E-state index in [1.807, 2.05) is 18.2 Å². The van der Waals surface area contributed by atoms with Gasteiger partial charge in [-0.05, 0) is 30.4 Å². The van der Waals surface area contributed by atoms with Crippen molar-refractivity contribution in [3.05, 3.63) is 18.2 Å². The Bertz CT molecular complexity index is 522. The first-order valence-corrected chi connectivity index (χ1v) is 7.52. The molecule has 114 valence electrons. The predicted molar refractivity (Wildman–Crippen MR) is 80.6 cm³/mol. The summed E-state index contributed by atoms with van der Waals surface area (Å²) in [6.07, 6.45) is 1.25. The molecule has 2 aliphatic heterocycles. The summed E-state index contributed by atoms with van der Waals surface area (Å²) in [7, 11) is 0. The van der Waals surface area contributed by atoms with Crippen LogP contribution in [-0.2, 0) is 4.79 Å². The van der Waals surface area contributed by atoms with Crippen LogP contribution < -0.4 is 14.8 Å². The largest absolute Gasteiger partial charge is 0.454 e. The average molecular weight is 290 g/mol. The molecule has 3 rings (SSSR count). The molecule has 0 spiro atoms. The van der Waals surface area contributed by atoms with E-state index < -0.39 is 0 Å². The number of hydrogen-bond donors (Lipinski definition) is 1. The van der Waals surface area contributed by atoms with Gasteiger partial charge in [-0.15, -0.1) is 0 Å². The summed E-state index contributed by atoms with van der Waals surface area (Å²) in [6, 6.07) is 5.47. The summed E-state index contributed by atoms with van der Waals surface area (Å²) in [6.45, 7) is 7.19. The minimum absolute atomic E-state index is 0.0233. The summed E-state index contributed by atoms with van der Waals surface area (Å²) in [4.78, 5) is 14.4. The number of nitrogens with zero attached hydrogens (tertiary/aromatic N) is 1. The molecule has 1 N–H and O–H groups in total. The third-order valence-corrected chi connectivity index (χ3v) is 3.97. The molecule has 0 saturated carbocycles. The monoisotopic (exact) mass is 290 g/mol. The van der Waals surface area contributed by atoms with E-state index in [2.05, 4.69) is 24.1 Å². The normalized spacial score (nSPS) is 24.9. The van der Waals surface area contributed by atoms with Gasteiger partial charge in [-0.1, -0.05) is 13.8 Å². The molecule has 1 aromatic carbocycles. The van der Waals surface area contributed by atoms with Crippen LogP contribution in [-0.4, -0.2) is 37.2 Å². The summed E-state index contributed by atoms with van der Waals surface area (Å²) >= 11 is 0. The van der Waals surface area contributed by atoms with Crippen molar-refractivity contribution in [1.29, 1.82) is 0 Å². The lowest BCUT2D eigenvalue weighted by molar-refractivity contribution is -0.117. The van der Waals surface area contributed by atoms with Crippen molar-refractivity contribution in [2.24, 2.45) is 11.8 Å². The molecule has 1 aromatic rings. The fourth-order valence-corrected chi connectivity index (χ4v) is 3.30. The topological polar surface area (TPSA) is 50.8 Å². The predicted octanol–water partition coefficient (Wildman–Crippen LogP) is 2.33. The third kappa shape index (κ3) is 3.47. The molecule has 2 aliphatic rings. The van der Waals surface area contributed by atoms with Gasteiger partial charge in [0.2, 0.25) is 12.7 Å². The lowest BCUT2D eigenvalue weighted by Gasteiger charge is -2.34. The summed E-state index contributed by atoms with van der Waals surface area (Å²) in [5, 5.41) is 2.93. The van der Waals surface area contributed by atoms with Gasteiger partial charge in [0.15, 0.2) is 11.5 Å². The number of rotatable bonds is 3. The van der Waals surface area contributed by atoms with Gasteiger partial charge < -0.3 is 14.8 Å². The number of ether oxygens (including phenoxy) is 2. The molecule has 0 bridgehead atoms. The zero-order valence-electron chi connectivity index (χ0n) is 12.6.